The minimum absolute atomic E-state index is 0.0502. The molecule has 1 aliphatic heterocycles. The van der Waals surface area contributed by atoms with Gasteiger partial charge in [-0.2, -0.15) is 0 Å². The lowest BCUT2D eigenvalue weighted by Crippen LogP contribution is -2.31. The molecule has 1 aromatic rings. The van der Waals surface area contributed by atoms with Crippen molar-refractivity contribution in [1.29, 1.82) is 0 Å². The van der Waals surface area contributed by atoms with Crippen LogP contribution < -0.4 is 11.2 Å². The second-order valence-corrected chi connectivity index (χ2v) is 3.59. The van der Waals surface area contributed by atoms with E-state index in [0.717, 1.165) is 0 Å². The molecule has 6 heteroatoms. The van der Waals surface area contributed by atoms with Gasteiger partial charge in [0.25, 0.3) is 5.56 Å². The van der Waals surface area contributed by atoms with Crippen molar-refractivity contribution < 1.29 is 9.84 Å². The van der Waals surface area contributed by atoms with E-state index in [-0.39, 0.29) is 18.8 Å². The first-order valence-electron chi connectivity index (χ1n) is 4.74. The predicted molar refractivity (Wildman–Crippen MR) is 51.5 cm³/mol. The van der Waals surface area contributed by atoms with Gasteiger partial charge in [0.15, 0.2) is 0 Å². The van der Waals surface area contributed by atoms with Crippen molar-refractivity contribution in [3.8, 4) is 0 Å². The summed E-state index contributed by atoms with van der Waals surface area (Å²) >= 11 is 0. The molecule has 2 N–H and O–H groups in total. The molecule has 0 radical (unpaired) electrons. The molecule has 15 heavy (non-hydrogen) atoms. The van der Waals surface area contributed by atoms with E-state index in [2.05, 4.69) is 4.98 Å². The number of H-pyrrole nitrogens is 1. The molecule has 0 aromatic carbocycles. The third kappa shape index (κ3) is 2.00. The standard InChI is InChI=1S/C9H12N2O4/c12-4-6-3-8(15-5-6)11-2-1-7(13)10-9(11)14/h1-2,6,8,12H,3-5H2,(H,10,13,14)/t6-,8+/m0/s1. The fraction of sp³-hybridized carbons (Fsp3) is 0.556. The van der Waals surface area contributed by atoms with Gasteiger partial charge < -0.3 is 9.84 Å². The fourth-order valence-corrected chi connectivity index (χ4v) is 1.64. The summed E-state index contributed by atoms with van der Waals surface area (Å²) in [7, 11) is 0. The zero-order chi connectivity index (χ0) is 10.8. The van der Waals surface area contributed by atoms with E-state index in [1.54, 1.807) is 0 Å². The SMILES string of the molecule is O=c1ccn([C@H]2C[C@@H](CO)CO2)c(=O)[nH]1. The Morgan fingerprint density at radius 1 is 1.60 bits per heavy atom. The molecule has 0 amide bonds. The number of rotatable bonds is 2. The summed E-state index contributed by atoms with van der Waals surface area (Å²) in [6.45, 7) is 0.487. The number of nitrogens with zero attached hydrogens (tertiary/aromatic N) is 1. The van der Waals surface area contributed by atoms with Crippen LogP contribution in [0, 0.1) is 5.92 Å². The van der Waals surface area contributed by atoms with Crippen LogP contribution in [-0.4, -0.2) is 27.9 Å². The van der Waals surface area contributed by atoms with Gasteiger partial charge in [-0.15, -0.1) is 0 Å². The summed E-state index contributed by atoms with van der Waals surface area (Å²) in [6, 6.07) is 1.27. The average Bonchev–Trinajstić information content (AvgIpc) is 2.66. The number of ether oxygens (including phenoxy) is 1. The van der Waals surface area contributed by atoms with E-state index in [1.165, 1.54) is 16.8 Å². The smallest absolute Gasteiger partial charge is 0.330 e. The molecule has 0 aliphatic carbocycles. The lowest BCUT2D eigenvalue weighted by molar-refractivity contribution is 0.0489. The second-order valence-electron chi connectivity index (χ2n) is 3.59. The highest BCUT2D eigenvalue weighted by atomic mass is 16.5. The molecule has 0 unspecified atom stereocenters. The molecule has 0 bridgehead atoms. The van der Waals surface area contributed by atoms with Crippen LogP contribution >= 0.6 is 0 Å². The zero-order valence-electron chi connectivity index (χ0n) is 8.05. The van der Waals surface area contributed by atoms with Crippen molar-refractivity contribution in [1.82, 2.24) is 9.55 Å². The molecule has 1 saturated heterocycles. The van der Waals surface area contributed by atoms with Crippen LogP contribution in [0.5, 0.6) is 0 Å². The largest absolute Gasteiger partial charge is 0.396 e. The average molecular weight is 212 g/mol. The molecule has 0 spiro atoms. The molecule has 1 aliphatic rings. The summed E-state index contributed by atoms with van der Waals surface area (Å²) in [5, 5.41) is 8.92. The van der Waals surface area contributed by atoms with E-state index in [4.69, 9.17) is 9.84 Å². The van der Waals surface area contributed by atoms with Gasteiger partial charge in [-0.1, -0.05) is 0 Å². The highest BCUT2D eigenvalue weighted by molar-refractivity contribution is 4.85. The van der Waals surface area contributed by atoms with Crippen molar-refractivity contribution >= 4 is 0 Å². The Bertz CT molecular complexity index is 450. The Kier molecular flexibility index (Phi) is 2.70. The van der Waals surface area contributed by atoms with Gasteiger partial charge in [-0.3, -0.25) is 14.3 Å². The van der Waals surface area contributed by atoms with E-state index < -0.39 is 11.2 Å². The Balaban J connectivity index is 2.24. The number of hydrogen-bond acceptors (Lipinski definition) is 4. The molecule has 1 aromatic heterocycles. The van der Waals surface area contributed by atoms with Gasteiger partial charge in [0.2, 0.25) is 0 Å². The lowest BCUT2D eigenvalue weighted by atomic mass is 10.1. The Hall–Kier alpha value is -1.40. The number of aliphatic hydroxyl groups is 1. The van der Waals surface area contributed by atoms with Gasteiger partial charge in [-0.25, -0.2) is 4.79 Å². The van der Waals surface area contributed by atoms with Crippen LogP contribution in [0.4, 0.5) is 0 Å². The number of nitrogens with one attached hydrogen (secondary N) is 1. The van der Waals surface area contributed by atoms with Gasteiger partial charge in [0.05, 0.1) is 6.61 Å². The zero-order valence-corrected chi connectivity index (χ0v) is 8.05. The van der Waals surface area contributed by atoms with Crippen LogP contribution in [0.1, 0.15) is 12.6 Å². The minimum Gasteiger partial charge on any atom is -0.396 e. The summed E-state index contributed by atoms with van der Waals surface area (Å²) in [5.41, 5.74) is -0.904. The van der Waals surface area contributed by atoms with Gasteiger partial charge in [0.1, 0.15) is 6.23 Å². The van der Waals surface area contributed by atoms with Crippen LogP contribution in [0.2, 0.25) is 0 Å². The molecule has 2 atom stereocenters. The van der Waals surface area contributed by atoms with Crippen LogP contribution in [-0.2, 0) is 4.74 Å². The van der Waals surface area contributed by atoms with Gasteiger partial charge >= 0.3 is 5.69 Å². The van der Waals surface area contributed by atoms with Crippen molar-refractivity contribution in [2.24, 2.45) is 5.92 Å². The van der Waals surface area contributed by atoms with Crippen molar-refractivity contribution in [2.75, 3.05) is 13.2 Å². The number of aliphatic hydroxyl groups excluding tert-OH is 1. The summed E-state index contributed by atoms with van der Waals surface area (Å²) < 4.78 is 6.67. The molecular weight excluding hydrogens is 200 g/mol. The van der Waals surface area contributed by atoms with Crippen LogP contribution in [0.25, 0.3) is 0 Å². The normalized spacial score (nSPS) is 25.7. The molecule has 0 saturated carbocycles. The minimum atomic E-state index is -0.480. The molecular formula is C9H12N2O4. The third-order valence-corrected chi connectivity index (χ3v) is 2.48. The fourth-order valence-electron chi connectivity index (χ4n) is 1.64. The van der Waals surface area contributed by atoms with Crippen LogP contribution in [0.15, 0.2) is 21.9 Å². The maximum absolute atomic E-state index is 11.4. The van der Waals surface area contributed by atoms with E-state index in [9.17, 15) is 9.59 Å². The number of hydrogen-bond donors (Lipinski definition) is 2. The Morgan fingerprint density at radius 3 is 3.00 bits per heavy atom. The summed E-state index contributed by atoms with van der Waals surface area (Å²) in [5.74, 6) is 0.0637. The van der Waals surface area contributed by atoms with E-state index >= 15 is 0 Å². The van der Waals surface area contributed by atoms with Gasteiger partial charge in [0, 0.05) is 24.8 Å². The van der Waals surface area contributed by atoms with Crippen molar-refractivity contribution in [3.63, 3.8) is 0 Å². The van der Waals surface area contributed by atoms with Crippen molar-refractivity contribution in [3.05, 3.63) is 33.1 Å². The molecule has 2 heterocycles. The monoisotopic (exact) mass is 212 g/mol. The van der Waals surface area contributed by atoms with E-state index in [0.29, 0.717) is 13.0 Å². The molecule has 1 fully saturated rings. The highest BCUT2D eigenvalue weighted by Gasteiger charge is 2.26. The number of aromatic nitrogens is 2. The Morgan fingerprint density at radius 2 is 2.40 bits per heavy atom. The molecule has 2 rings (SSSR count). The van der Waals surface area contributed by atoms with Crippen molar-refractivity contribution in [2.45, 2.75) is 12.6 Å². The lowest BCUT2D eigenvalue weighted by Gasteiger charge is -2.11. The predicted octanol–water partition coefficient (Wildman–Crippen LogP) is -0.936. The molecule has 6 nitrogen and oxygen atoms in total. The van der Waals surface area contributed by atoms with Gasteiger partial charge in [-0.05, 0) is 6.42 Å². The first-order valence-corrected chi connectivity index (χ1v) is 4.74. The second kappa shape index (κ2) is 4.00. The molecule has 82 valence electrons. The number of aromatic amines is 1. The van der Waals surface area contributed by atoms with E-state index in [1.807, 2.05) is 0 Å². The first-order chi connectivity index (χ1) is 7.20. The summed E-state index contributed by atoms with van der Waals surface area (Å²) in [4.78, 5) is 24.4. The van der Waals surface area contributed by atoms with Crippen LogP contribution in [0.3, 0.4) is 0 Å². The Labute approximate surface area is 85.1 Å². The quantitative estimate of drug-likeness (QED) is 0.663. The highest BCUT2D eigenvalue weighted by Crippen LogP contribution is 2.25. The third-order valence-electron chi connectivity index (χ3n) is 2.48. The first kappa shape index (κ1) is 10.1. The maximum atomic E-state index is 11.4. The maximum Gasteiger partial charge on any atom is 0.330 e. The topological polar surface area (TPSA) is 84.3 Å². The summed E-state index contributed by atoms with van der Waals surface area (Å²) in [6.07, 6.45) is 1.61.